The molecule has 2 aromatic heterocycles. The molecule has 0 bridgehead atoms. The molecule has 15 heteroatoms. The van der Waals surface area contributed by atoms with Crippen molar-refractivity contribution in [3.63, 3.8) is 0 Å². The first kappa shape index (κ1) is 47.3. The van der Waals surface area contributed by atoms with Crippen LogP contribution in [0.3, 0.4) is 0 Å². The second-order valence-corrected chi connectivity index (χ2v) is 11.6. The molecular formula is C31H50N4O8S3. The van der Waals surface area contributed by atoms with E-state index in [1.807, 2.05) is 48.7 Å². The molecule has 0 saturated carbocycles. The lowest BCUT2D eigenvalue weighted by molar-refractivity contribution is -0.101. The molecule has 0 aliphatic heterocycles. The third-order valence-corrected chi connectivity index (χ3v) is 8.23. The molecule has 1 amide bonds. The zero-order valence-electron chi connectivity index (χ0n) is 25.6. The van der Waals surface area contributed by atoms with E-state index in [9.17, 15) is 4.79 Å². The number of rotatable bonds is 14. The first-order valence-corrected chi connectivity index (χ1v) is 16.0. The van der Waals surface area contributed by atoms with Crippen LogP contribution < -0.4 is 15.8 Å². The first-order chi connectivity index (χ1) is 19.9. The summed E-state index contributed by atoms with van der Waals surface area (Å²) in [6.07, 6.45) is 4.40. The number of nitrogen functional groups attached to an aromatic ring is 1. The molecule has 2 aromatic carbocycles. The van der Waals surface area contributed by atoms with Gasteiger partial charge < -0.3 is 57.1 Å². The third kappa shape index (κ3) is 15.4. The van der Waals surface area contributed by atoms with Gasteiger partial charge in [-0.05, 0) is 48.3 Å². The number of methoxy groups -OCH3 is 2. The molecule has 1 unspecified atom stereocenters. The maximum absolute atomic E-state index is 12.9. The minimum Gasteiger partial charge on any atom is -0.493 e. The number of pyridine rings is 1. The van der Waals surface area contributed by atoms with Gasteiger partial charge in [0, 0.05) is 44.2 Å². The number of fused-ring (bicyclic) bond motifs is 1. The van der Waals surface area contributed by atoms with E-state index in [0.717, 1.165) is 33.5 Å². The van der Waals surface area contributed by atoms with E-state index in [1.165, 1.54) is 5.56 Å². The second kappa shape index (κ2) is 26.0. The highest BCUT2D eigenvalue weighted by molar-refractivity contribution is 7.99. The van der Waals surface area contributed by atoms with Crippen molar-refractivity contribution < 1.29 is 40.9 Å². The summed E-state index contributed by atoms with van der Waals surface area (Å²) < 4.78 is 17.6. The van der Waals surface area contributed by atoms with Crippen molar-refractivity contribution in [3.05, 3.63) is 88.8 Å². The average Bonchev–Trinajstić information content (AvgIpc) is 3.43. The topological polar surface area (TPSA) is 240 Å². The van der Waals surface area contributed by atoms with E-state index in [1.54, 1.807) is 49.9 Å². The Morgan fingerprint density at radius 2 is 1.67 bits per heavy atom. The molecule has 13 N–H and O–H groups in total. The van der Waals surface area contributed by atoms with Crippen molar-refractivity contribution in [2.75, 3.05) is 45.1 Å². The van der Waals surface area contributed by atoms with Gasteiger partial charge in [0.05, 0.1) is 23.1 Å². The molecule has 0 aliphatic rings. The van der Waals surface area contributed by atoms with E-state index in [2.05, 4.69) is 33.7 Å². The first-order valence-electron chi connectivity index (χ1n) is 13.1. The minimum atomic E-state index is -0.446. The third-order valence-electron chi connectivity index (χ3n) is 5.96. The predicted molar refractivity (Wildman–Crippen MR) is 196 cm³/mol. The Labute approximate surface area is 284 Å². The average molecular weight is 703 g/mol. The molecule has 2 heterocycles. The van der Waals surface area contributed by atoms with Gasteiger partial charge in [0.2, 0.25) is 0 Å². The monoisotopic (exact) mass is 702 g/mol. The molecule has 0 aliphatic carbocycles. The van der Waals surface area contributed by atoms with E-state index >= 15 is 0 Å². The summed E-state index contributed by atoms with van der Waals surface area (Å²) in [6.45, 7) is 1.02. The number of hydrogen-bond donors (Lipinski definition) is 4. The smallest absolute Gasteiger partial charge is 0.267 e. The number of H-pyrrole nitrogens is 2. The zero-order valence-corrected chi connectivity index (χ0v) is 28.0. The molecule has 4 aromatic rings. The number of carbonyl (C=O) groups is 1. The number of amides is 1. The van der Waals surface area contributed by atoms with Gasteiger partial charge in [-0.2, -0.15) is 11.8 Å². The van der Waals surface area contributed by atoms with Crippen LogP contribution in [0.4, 0.5) is 5.69 Å². The number of carbonyl (C=O) groups excluding carboxylic acids is 1. The molecule has 4 rings (SSSR count). The van der Waals surface area contributed by atoms with Crippen molar-refractivity contribution in [2.45, 2.75) is 31.1 Å². The summed E-state index contributed by atoms with van der Waals surface area (Å²) in [5.41, 5.74) is 9.13. The number of anilines is 1. The number of hydrogen-bond acceptors (Lipinski definition) is 8. The quantitative estimate of drug-likeness (QED) is 0.0653. The number of nitrogens with two attached hydrogens (primary N) is 1. The highest BCUT2D eigenvalue weighted by Gasteiger charge is 2.23. The van der Waals surface area contributed by atoms with E-state index in [-0.39, 0.29) is 40.5 Å². The number of thioether (sulfide) groups is 2. The van der Waals surface area contributed by atoms with Crippen LogP contribution in [0.1, 0.15) is 29.9 Å². The lowest BCUT2D eigenvalue weighted by Gasteiger charge is -2.24. The summed E-state index contributed by atoms with van der Waals surface area (Å²) in [6, 6.07) is 21.3. The van der Waals surface area contributed by atoms with Crippen LogP contribution in [0.15, 0.2) is 72.9 Å². The molecule has 46 heavy (non-hydrogen) atoms. The Bertz CT molecular complexity index is 1390. The fourth-order valence-corrected chi connectivity index (χ4v) is 5.65. The fourth-order valence-electron chi connectivity index (χ4n) is 3.92. The van der Waals surface area contributed by atoms with Gasteiger partial charge in [0.15, 0.2) is 6.29 Å². The molecule has 12 nitrogen and oxygen atoms in total. The number of aromatic amines is 2. The number of nitrogens with one attached hydrogen (secondary N) is 3. The Hall–Kier alpha value is -3.12. The number of ether oxygens (including phenoxy) is 3. The number of benzene rings is 2. The van der Waals surface area contributed by atoms with Crippen LogP contribution in [-0.4, -0.2) is 88.7 Å². The normalized spacial score (nSPS) is 10.3. The minimum absolute atomic E-state index is 0. The Morgan fingerprint density at radius 3 is 2.24 bits per heavy atom. The van der Waals surface area contributed by atoms with Crippen molar-refractivity contribution in [1.82, 2.24) is 15.3 Å². The van der Waals surface area contributed by atoms with Gasteiger partial charge in [-0.25, -0.2) is 0 Å². The Balaban J connectivity index is -0.00000137. The van der Waals surface area contributed by atoms with Crippen molar-refractivity contribution in [3.8, 4) is 5.75 Å². The fraction of sp³-hybridized carbons (Fsp3) is 0.355. The van der Waals surface area contributed by atoms with Gasteiger partial charge in [0.25, 0.3) is 5.91 Å². The number of aromatic nitrogens is 2. The van der Waals surface area contributed by atoms with E-state index < -0.39 is 6.29 Å². The summed E-state index contributed by atoms with van der Waals surface area (Å²) >= 11 is 8.22. The standard InChI is InChI=1S/C25H33N3O4S2.C5H5NS.CH4.4H2O/c1-30-25(31-2)22(34-16-17-8-5-4-6-9-17)15-27-24(29)21-13-18-12-19(32-10-7-11-33-3)14-20(26)23(18)28-21;7-5-3-1-2-4-6-5;;;;;/h4-6,8-9,12-14,22,25,28H,7,10-11,15-16,26H2,1-3H3,(H,27,29);1-4H,(H,6,7);1H4;4*1H2. The van der Waals surface area contributed by atoms with Gasteiger partial charge in [0.1, 0.15) is 16.1 Å². The van der Waals surface area contributed by atoms with Crippen molar-refractivity contribution >= 4 is 58.2 Å². The van der Waals surface area contributed by atoms with Gasteiger partial charge in [-0.3, -0.25) is 4.79 Å². The predicted octanol–water partition coefficient (Wildman–Crippen LogP) is 3.61. The molecule has 0 radical (unpaired) electrons. The summed E-state index contributed by atoms with van der Waals surface area (Å²) in [7, 11) is 3.21. The summed E-state index contributed by atoms with van der Waals surface area (Å²) in [4.78, 5) is 18.9. The van der Waals surface area contributed by atoms with E-state index in [0.29, 0.717) is 30.3 Å². The maximum atomic E-state index is 12.9. The van der Waals surface area contributed by atoms with Crippen LogP contribution in [-0.2, 0) is 15.2 Å². The molecule has 0 fully saturated rings. The van der Waals surface area contributed by atoms with Gasteiger partial charge in [-0.15, -0.1) is 11.8 Å². The summed E-state index contributed by atoms with van der Waals surface area (Å²) in [5.74, 6) is 2.32. The van der Waals surface area contributed by atoms with Gasteiger partial charge in [-0.1, -0.05) is 56.0 Å². The van der Waals surface area contributed by atoms with Crippen LogP contribution in [0, 0.1) is 4.64 Å². The maximum Gasteiger partial charge on any atom is 0.267 e. The van der Waals surface area contributed by atoms with Gasteiger partial charge >= 0.3 is 0 Å². The Morgan fingerprint density at radius 1 is 1.00 bits per heavy atom. The lowest BCUT2D eigenvalue weighted by atomic mass is 10.2. The van der Waals surface area contributed by atoms with Crippen LogP contribution in [0.25, 0.3) is 10.9 Å². The highest BCUT2D eigenvalue weighted by Crippen LogP contribution is 2.28. The molecule has 0 saturated heterocycles. The van der Waals surface area contributed by atoms with Crippen LogP contribution in [0.5, 0.6) is 5.75 Å². The van der Waals surface area contributed by atoms with Crippen molar-refractivity contribution in [2.24, 2.45) is 0 Å². The van der Waals surface area contributed by atoms with Crippen molar-refractivity contribution in [1.29, 1.82) is 0 Å². The van der Waals surface area contributed by atoms with Crippen LogP contribution in [0.2, 0.25) is 0 Å². The zero-order chi connectivity index (χ0) is 29.5. The highest BCUT2D eigenvalue weighted by atomic mass is 32.2. The molecule has 260 valence electrons. The Kier molecular flexibility index (Phi) is 26.7. The second-order valence-electron chi connectivity index (χ2n) is 8.97. The van der Waals surface area contributed by atoms with E-state index in [4.69, 9.17) is 32.2 Å². The lowest BCUT2D eigenvalue weighted by Crippen LogP contribution is -2.39. The molecule has 1 atom stereocenters. The molecular weight excluding hydrogens is 653 g/mol. The SMILES string of the molecule is C.COC(OC)C(CNC(=O)c1cc2cc(OCCCSC)cc(N)c2[nH]1)SCc1ccccc1.O.O.O.O.S=c1cccc[nH]1. The summed E-state index contributed by atoms with van der Waals surface area (Å²) in [5, 5.41) is 3.75. The van der Waals surface area contributed by atoms with Crippen LogP contribution >= 0.6 is 35.7 Å². The largest absolute Gasteiger partial charge is 0.493 e. The molecule has 0 spiro atoms.